The third kappa shape index (κ3) is 3.66. The molecule has 0 unspecified atom stereocenters. The molecule has 0 aliphatic heterocycles. The molecule has 0 radical (unpaired) electrons. The summed E-state index contributed by atoms with van der Waals surface area (Å²) in [5, 5.41) is 2.93. The number of aryl methyl sites for hydroxylation is 2. The maximum absolute atomic E-state index is 12.4. The van der Waals surface area contributed by atoms with Crippen molar-refractivity contribution in [3.63, 3.8) is 0 Å². The summed E-state index contributed by atoms with van der Waals surface area (Å²) in [7, 11) is 0. The van der Waals surface area contributed by atoms with Crippen LogP contribution in [0.1, 0.15) is 27.2 Å². The van der Waals surface area contributed by atoms with E-state index in [9.17, 15) is 4.79 Å². The molecule has 3 aromatic rings. The molecule has 1 amide bonds. The highest BCUT2D eigenvalue weighted by atomic mass is 16.1. The number of nitrogens with zero attached hydrogens (tertiary/aromatic N) is 2. The van der Waals surface area contributed by atoms with Crippen molar-refractivity contribution in [3.8, 4) is 11.3 Å². The standard InChI is InChI=1S/C20H19N3O/c1-14-8-9-18(15(2)10-14)20(24)21-12-17-11-19(23-13-22-17)16-6-4-3-5-7-16/h3-11,13H,12H2,1-2H3,(H,21,24). The number of rotatable bonds is 4. The lowest BCUT2D eigenvalue weighted by Gasteiger charge is -2.09. The van der Waals surface area contributed by atoms with Crippen molar-refractivity contribution in [3.05, 3.63) is 83.3 Å². The molecule has 0 aliphatic rings. The molecular formula is C20H19N3O. The zero-order chi connectivity index (χ0) is 16.9. The van der Waals surface area contributed by atoms with E-state index in [4.69, 9.17) is 0 Å². The quantitative estimate of drug-likeness (QED) is 0.798. The first-order valence-corrected chi connectivity index (χ1v) is 7.85. The molecule has 24 heavy (non-hydrogen) atoms. The van der Waals surface area contributed by atoms with Crippen LogP contribution in [0.25, 0.3) is 11.3 Å². The van der Waals surface area contributed by atoms with E-state index in [1.807, 2.05) is 68.4 Å². The lowest BCUT2D eigenvalue weighted by atomic mass is 10.1. The molecule has 1 N–H and O–H groups in total. The van der Waals surface area contributed by atoms with Gasteiger partial charge in [-0.05, 0) is 31.5 Å². The maximum atomic E-state index is 12.4. The first-order chi connectivity index (χ1) is 11.6. The van der Waals surface area contributed by atoms with E-state index in [1.54, 1.807) is 0 Å². The fourth-order valence-corrected chi connectivity index (χ4v) is 2.60. The van der Waals surface area contributed by atoms with Crippen LogP contribution >= 0.6 is 0 Å². The summed E-state index contributed by atoms with van der Waals surface area (Å²) in [5.74, 6) is -0.0904. The number of hydrogen-bond donors (Lipinski definition) is 1. The van der Waals surface area contributed by atoms with Crippen molar-refractivity contribution in [2.24, 2.45) is 0 Å². The minimum absolute atomic E-state index is 0.0904. The van der Waals surface area contributed by atoms with Gasteiger partial charge in [-0.1, -0.05) is 48.0 Å². The van der Waals surface area contributed by atoms with Crippen LogP contribution in [-0.2, 0) is 6.54 Å². The van der Waals surface area contributed by atoms with E-state index in [2.05, 4.69) is 15.3 Å². The highest BCUT2D eigenvalue weighted by molar-refractivity contribution is 5.95. The minimum Gasteiger partial charge on any atom is -0.346 e. The number of nitrogens with one attached hydrogen (secondary N) is 1. The number of hydrogen-bond acceptors (Lipinski definition) is 3. The van der Waals surface area contributed by atoms with Crippen molar-refractivity contribution in [2.75, 3.05) is 0 Å². The zero-order valence-electron chi connectivity index (χ0n) is 13.8. The number of aromatic nitrogens is 2. The van der Waals surface area contributed by atoms with Gasteiger partial charge < -0.3 is 5.32 Å². The number of amides is 1. The summed E-state index contributed by atoms with van der Waals surface area (Å²) >= 11 is 0. The summed E-state index contributed by atoms with van der Waals surface area (Å²) in [6, 6.07) is 17.6. The van der Waals surface area contributed by atoms with Crippen LogP contribution < -0.4 is 5.32 Å². The molecule has 120 valence electrons. The molecule has 0 bridgehead atoms. The average Bonchev–Trinajstić information content (AvgIpc) is 2.61. The van der Waals surface area contributed by atoms with E-state index < -0.39 is 0 Å². The van der Waals surface area contributed by atoms with Gasteiger partial charge in [0.1, 0.15) is 6.33 Å². The molecule has 0 saturated heterocycles. The molecule has 1 heterocycles. The van der Waals surface area contributed by atoms with Crippen LogP contribution in [0.2, 0.25) is 0 Å². The van der Waals surface area contributed by atoms with E-state index >= 15 is 0 Å². The Morgan fingerprint density at radius 1 is 1.00 bits per heavy atom. The topological polar surface area (TPSA) is 54.9 Å². The fraction of sp³-hybridized carbons (Fsp3) is 0.150. The largest absolute Gasteiger partial charge is 0.346 e. The first-order valence-electron chi connectivity index (χ1n) is 7.85. The third-order valence-corrected chi connectivity index (χ3v) is 3.85. The van der Waals surface area contributed by atoms with Gasteiger partial charge in [-0.2, -0.15) is 0 Å². The monoisotopic (exact) mass is 317 g/mol. The maximum Gasteiger partial charge on any atom is 0.251 e. The summed E-state index contributed by atoms with van der Waals surface area (Å²) in [6.07, 6.45) is 1.53. The Morgan fingerprint density at radius 3 is 2.54 bits per heavy atom. The molecule has 0 atom stereocenters. The number of benzene rings is 2. The van der Waals surface area contributed by atoms with E-state index in [0.717, 1.165) is 28.1 Å². The van der Waals surface area contributed by atoms with Crippen molar-refractivity contribution in [2.45, 2.75) is 20.4 Å². The molecule has 2 aromatic carbocycles. The van der Waals surface area contributed by atoms with Crippen LogP contribution in [-0.4, -0.2) is 15.9 Å². The second kappa shape index (κ2) is 7.04. The molecule has 0 spiro atoms. The highest BCUT2D eigenvalue weighted by Crippen LogP contribution is 2.16. The van der Waals surface area contributed by atoms with Gasteiger partial charge in [0.05, 0.1) is 17.9 Å². The van der Waals surface area contributed by atoms with Gasteiger partial charge in [-0.3, -0.25) is 4.79 Å². The van der Waals surface area contributed by atoms with Crippen molar-refractivity contribution in [1.29, 1.82) is 0 Å². The van der Waals surface area contributed by atoms with Crippen molar-refractivity contribution < 1.29 is 4.79 Å². The Kier molecular flexibility index (Phi) is 4.66. The van der Waals surface area contributed by atoms with Crippen molar-refractivity contribution in [1.82, 2.24) is 15.3 Å². The lowest BCUT2D eigenvalue weighted by Crippen LogP contribution is -2.24. The Labute approximate surface area is 141 Å². The summed E-state index contributed by atoms with van der Waals surface area (Å²) < 4.78 is 0. The number of carbonyl (C=O) groups is 1. The molecule has 0 fully saturated rings. The minimum atomic E-state index is -0.0904. The molecular weight excluding hydrogens is 298 g/mol. The normalized spacial score (nSPS) is 10.4. The van der Waals surface area contributed by atoms with Gasteiger partial charge in [-0.15, -0.1) is 0 Å². The summed E-state index contributed by atoms with van der Waals surface area (Å²) in [4.78, 5) is 20.9. The Balaban J connectivity index is 1.72. The van der Waals surface area contributed by atoms with Crippen LogP contribution in [0.5, 0.6) is 0 Å². The van der Waals surface area contributed by atoms with E-state index in [1.165, 1.54) is 6.33 Å². The number of carbonyl (C=O) groups excluding carboxylic acids is 1. The zero-order valence-corrected chi connectivity index (χ0v) is 13.8. The van der Waals surface area contributed by atoms with Crippen molar-refractivity contribution >= 4 is 5.91 Å². The second-order valence-electron chi connectivity index (χ2n) is 5.76. The van der Waals surface area contributed by atoms with E-state index in [0.29, 0.717) is 12.1 Å². The van der Waals surface area contributed by atoms with Crippen LogP contribution in [0.3, 0.4) is 0 Å². The van der Waals surface area contributed by atoms with Gasteiger partial charge in [0, 0.05) is 11.1 Å². The average molecular weight is 317 g/mol. The lowest BCUT2D eigenvalue weighted by molar-refractivity contribution is 0.0950. The van der Waals surface area contributed by atoms with Gasteiger partial charge in [0.2, 0.25) is 0 Å². The molecule has 4 heteroatoms. The van der Waals surface area contributed by atoms with Gasteiger partial charge in [0.25, 0.3) is 5.91 Å². The smallest absolute Gasteiger partial charge is 0.251 e. The van der Waals surface area contributed by atoms with Gasteiger partial charge in [0.15, 0.2) is 0 Å². The second-order valence-corrected chi connectivity index (χ2v) is 5.76. The summed E-state index contributed by atoms with van der Waals surface area (Å²) in [5.41, 5.74) is 5.47. The van der Waals surface area contributed by atoms with Gasteiger partial charge in [-0.25, -0.2) is 9.97 Å². The van der Waals surface area contributed by atoms with Crippen LogP contribution in [0.4, 0.5) is 0 Å². The fourth-order valence-electron chi connectivity index (χ4n) is 2.60. The van der Waals surface area contributed by atoms with E-state index in [-0.39, 0.29) is 5.91 Å². The Bertz CT molecular complexity index is 860. The molecule has 0 saturated carbocycles. The van der Waals surface area contributed by atoms with Gasteiger partial charge >= 0.3 is 0 Å². The molecule has 3 rings (SSSR count). The summed E-state index contributed by atoms with van der Waals surface area (Å²) in [6.45, 7) is 4.33. The highest BCUT2D eigenvalue weighted by Gasteiger charge is 2.09. The predicted molar refractivity (Wildman–Crippen MR) is 94.6 cm³/mol. The Hall–Kier alpha value is -3.01. The first kappa shape index (κ1) is 15.9. The predicted octanol–water partition coefficient (Wildman–Crippen LogP) is 3.69. The third-order valence-electron chi connectivity index (χ3n) is 3.85. The van der Waals surface area contributed by atoms with Crippen LogP contribution in [0.15, 0.2) is 60.9 Å². The Morgan fingerprint density at radius 2 is 1.79 bits per heavy atom. The molecule has 0 aliphatic carbocycles. The SMILES string of the molecule is Cc1ccc(C(=O)NCc2cc(-c3ccccc3)ncn2)c(C)c1. The molecule has 1 aromatic heterocycles. The molecule has 4 nitrogen and oxygen atoms in total. The van der Waals surface area contributed by atoms with Crippen LogP contribution in [0, 0.1) is 13.8 Å².